The second-order valence-corrected chi connectivity index (χ2v) is 8.21. The van der Waals surface area contributed by atoms with Crippen molar-refractivity contribution in [3.05, 3.63) is 54.0 Å². The van der Waals surface area contributed by atoms with E-state index >= 15 is 0 Å². The SMILES string of the molecule is CCN(C)C(C)c1ccc(-c2[nH]nc(-c3cc(OC)c4ncnn4c3)c2C(C)C)cc1. The first-order valence-electron chi connectivity index (χ1n) is 10.7. The zero-order chi connectivity index (χ0) is 22.1. The maximum atomic E-state index is 5.54. The molecule has 162 valence electrons. The normalized spacial score (nSPS) is 12.8. The fourth-order valence-corrected chi connectivity index (χ4v) is 3.99. The van der Waals surface area contributed by atoms with Gasteiger partial charge in [-0.05, 0) is 43.6 Å². The number of hydrogen-bond donors (Lipinski definition) is 1. The number of benzene rings is 1. The molecule has 0 amide bonds. The third kappa shape index (κ3) is 3.81. The lowest BCUT2D eigenvalue weighted by Crippen LogP contribution is -2.21. The molecule has 4 rings (SSSR count). The van der Waals surface area contributed by atoms with Crippen LogP contribution >= 0.6 is 0 Å². The number of fused-ring (bicyclic) bond motifs is 1. The Bertz CT molecular complexity index is 1170. The highest BCUT2D eigenvalue weighted by Crippen LogP contribution is 2.37. The zero-order valence-electron chi connectivity index (χ0n) is 19.0. The van der Waals surface area contributed by atoms with Gasteiger partial charge in [0.2, 0.25) is 0 Å². The monoisotopic (exact) mass is 418 g/mol. The number of nitrogens with zero attached hydrogens (tertiary/aromatic N) is 5. The Balaban J connectivity index is 1.77. The molecule has 0 aliphatic carbocycles. The topological polar surface area (TPSA) is 71.3 Å². The summed E-state index contributed by atoms with van der Waals surface area (Å²) in [6.45, 7) is 9.81. The van der Waals surface area contributed by atoms with Crippen molar-refractivity contribution in [2.75, 3.05) is 20.7 Å². The Kier molecular flexibility index (Phi) is 5.78. The molecule has 0 aliphatic heterocycles. The van der Waals surface area contributed by atoms with Crippen LogP contribution in [0.4, 0.5) is 0 Å². The van der Waals surface area contributed by atoms with Gasteiger partial charge in [-0.15, -0.1) is 0 Å². The van der Waals surface area contributed by atoms with Gasteiger partial charge >= 0.3 is 0 Å². The summed E-state index contributed by atoms with van der Waals surface area (Å²) in [5.74, 6) is 0.957. The minimum Gasteiger partial charge on any atom is -0.493 e. The Hall–Kier alpha value is -3.19. The molecule has 0 aliphatic rings. The van der Waals surface area contributed by atoms with Gasteiger partial charge in [0, 0.05) is 23.4 Å². The van der Waals surface area contributed by atoms with Gasteiger partial charge in [0.05, 0.1) is 18.5 Å². The molecule has 0 saturated heterocycles. The van der Waals surface area contributed by atoms with Crippen LogP contribution in [0.5, 0.6) is 5.75 Å². The molecular formula is C24H30N6O. The van der Waals surface area contributed by atoms with Crippen molar-refractivity contribution in [2.24, 2.45) is 0 Å². The largest absolute Gasteiger partial charge is 0.493 e. The summed E-state index contributed by atoms with van der Waals surface area (Å²) in [4.78, 5) is 6.60. The number of aromatic amines is 1. The van der Waals surface area contributed by atoms with Crippen LogP contribution in [-0.2, 0) is 0 Å². The van der Waals surface area contributed by atoms with Gasteiger partial charge < -0.3 is 4.74 Å². The minimum atomic E-state index is 0.283. The molecule has 0 fully saturated rings. The van der Waals surface area contributed by atoms with Crippen LogP contribution in [0, 0.1) is 0 Å². The first-order valence-corrected chi connectivity index (χ1v) is 10.7. The molecule has 31 heavy (non-hydrogen) atoms. The molecule has 7 nitrogen and oxygen atoms in total. The van der Waals surface area contributed by atoms with Crippen molar-refractivity contribution in [1.82, 2.24) is 29.7 Å². The molecule has 0 saturated carbocycles. The first-order chi connectivity index (χ1) is 14.9. The molecular weight excluding hydrogens is 388 g/mol. The van der Waals surface area contributed by atoms with E-state index in [0.717, 1.165) is 29.1 Å². The number of H-pyrrole nitrogens is 1. The maximum Gasteiger partial charge on any atom is 0.197 e. The van der Waals surface area contributed by atoms with Crippen LogP contribution in [0.15, 0.2) is 42.9 Å². The quantitative estimate of drug-likeness (QED) is 0.461. The number of ether oxygens (including phenoxy) is 1. The number of rotatable bonds is 7. The standard InChI is InChI=1S/C24H30N6O/c1-7-29(5)16(4)17-8-10-18(11-9-17)22-21(15(2)3)23(28-27-22)19-12-20(31-6)24-25-14-26-30(24)13-19/h8-16H,7H2,1-6H3,(H,27,28). The van der Waals surface area contributed by atoms with Crippen LogP contribution < -0.4 is 4.74 Å². The molecule has 4 aromatic rings. The average Bonchev–Trinajstić information content (AvgIpc) is 3.44. The number of nitrogens with one attached hydrogen (secondary N) is 1. The van der Waals surface area contributed by atoms with Crippen molar-refractivity contribution in [1.29, 1.82) is 0 Å². The number of hydrogen-bond acceptors (Lipinski definition) is 5. The molecule has 1 aromatic carbocycles. The summed E-state index contributed by atoms with van der Waals surface area (Å²) in [5, 5.41) is 12.3. The Morgan fingerprint density at radius 2 is 1.87 bits per heavy atom. The molecule has 0 radical (unpaired) electrons. The van der Waals surface area contributed by atoms with E-state index in [1.807, 2.05) is 12.3 Å². The van der Waals surface area contributed by atoms with Gasteiger partial charge in [0.25, 0.3) is 0 Å². The van der Waals surface area contributed by atoms with Crippen molar-refractivity contribution >= 4 is 5.65 Å². The third-order valence-electron chi connectivity index (χ3n) is 6.06. The minimum absolute atomic E-state index is 0.283. The summed E-state index contributed by atoms with van der Waals surface area (Å²) in [6, 6.07) is 11.1. The average molecular weight is 419 g/mol. The van der Waals surface area contributed by atoms with Crippen LogP contribution in [0.3, 0.4) is 0 Å². The second-order valence-electron chi connectivity index (χ2n) is 8.21. The summed E-state index contributed by atoms with van der Waals surface area (Å²) in [7, 11) is 3.79. The number of methoxy groups -OCH3 is 1. The van der Waals surface area contributed by atoms with Crippen LogP contribution in [0.1, 0.15) is 50.8 Å². The van der Waals surface area contributed by atoms with E-state index in [4.69, 9.17) is 9.84 Å². The second kappa shape index (κ2) is 8.51. The third-order valence-corrected chi connectivity index (χ3v) is 6.06. The molecule has 1 N–H and O–H groups in total. The van der Waals surface area contributed by atoms with Gasteiger partial charge in [-0.25, -0.2) is 9.50 Å². The lowest BCUT2D eigenvalue weighted by atomic mass is 9.93. The molecule has 0 spiro atoms. The van der Waals surface area contributed by atoms with Gasteiger partial charge in [-0.2, -0.15) is 10.2 Å². The van der Waals surface area contributed by atoms with Crippen LogP contribution in [0.2, 0.25) is 0 Å². The van der Waals surface area contributed by atoms with Crippen molar-refractivity contribution in [3.63, 3.8) is 0 Å². The molecule has 0 bridgehead atoms. The van der Waals surface area contributed by atoms with E-state index in [2.05, 4.69) is 79.1 Å². The molecule has 1 atom stereocenters. The lowest BCUT2D eigenvalue weighted by Gasteiger charge is -2.23. The Labute approximate surface area is 183 Å². The molecule has 3 aromatic heterocycles. The molecule has 3 heterocycles. The predicted octanol–water partition coefficient (Wildman–Crippen LogP) is 4.93. The van der Waals surface area contributed by atoms with E-state index in [9.17, 15) is 0 Å². The smallest absolute Gasteiger partial charge is 0.197 e. The van der Waals surface area contributed by atoms with Crippen LogP contribution in [0.25, 0.3) is 28.2 Å². The Morgan fingerprint density at radius 1 is 1.13 bits per heavy atom. The van der Waals surface area contributed by atoms with Gasteiger partial charge in [0.15, 0.2) is 11.4 Å². The van der Waals surface area contributed by atoms with E-state index in [1.54, 1.807) is 11.6 Å². The van der Waals surface area contributed by atoms with Crippen molar-refractivity contribution < 1.29 is 4.74 Å². The number of aromatic nitrogens is 5. The van der Waals surface area contributed by atoms with Gasteiger partial charge in [-0.1, -0.05) is 45.0 Å². The Morgan fingerprint density at radius 3 is 2.52 bits per heavy atom. The predicted molar refractivity (Wildman–Crippen MR) is 123 cm³/mol. The van der Waals surface area contributed by atoms with E-state index in [1.165, 1.54) is 17.5 Å². The molecule has 1 unspecified atom stereocenters. The first kappa shape index (κ1) is 21.1. The summed E-state index contributed by atoms with van der Waals surface area (Å²) >= 11 is 0. The van der Waals surface area contributed by atoms with Gasteiger partial charge in [-0.3, -0.25) is 10.00 Å². The fraction of sp³-hybridized carbons (Fsp3) is 0.375. The highest BCUT2D eigenvalue weighted by atomic mass is 16.5. The fourth-order valence-electron chi connectivity index (χ4n) is 3.99. The van der Waals surface area contributed by atoms with Crippen molar-refractivity contribution in [2.45, 2.75) is 39.7 Å². The van der Waals surface area contributed by atoms with Gasteiger partial charge in [0.1, 0.15) is 6.33 Å². The highest BCUT2D eigenvalue weighted by Gasteiger charge is 2.21. The zero-order valence-corrected chi connectivity index (χ0v) is 19.0. The van der Waals surface area contributed by atoms with E-state index in [0.29, 0.717) is 17.4 Å². The summed E-state index contributed by atoms with van der Waals surface area (Å²) < 4.78 is 7.27. The number of pyridine rings is 1. The van der Waals surface area contributed by atoms with Crippen LogP contribution in [-0.4, -0.2) is 50.4 Å². The van der Waals surface area contributed by atoms with E-state index < -0.39 is 0 Å². The lowest BCUT2D eigenvalue weighted by molar-refractivity contribution is 0.276. The molecule has 7 heteroatoms. The van der Waals surface area contributed by atoms with Crippen molar-refractivity contribution in [3.8, 4) is 28.3 Å². The highest BCUT2D eigenvalue weighted by molar-refractivity contribution is 5.76. The maximum absolute atomic E-state index is 5.54. The van der Waals surface area contributed by atoms with E-state index in [-0.39, 0.29) is 5.92 Å². The summed E-state index contributed by atoms with van der Waals surface area (Å²) in [6.07, 6.45) is 3.47. The summed E-state index contributed by atoms with van der Waals surface area (Å²) in [5.41, 5.74) is 7.19.